The van der Waals surface area contributed by atoms with Gasteiger partial charge in [-0.1, -0.05) is 0 Å². The highest BCUT2D eigenvalue weighted by Crippen LogP contribution is 2.20. The van der Waals surface area contributed by atoms with Crippen LogP contribution >= 0.6 is 15.9 Å². The molecule has 94 valence electrons. The molecule has 0 aliphatic rings. The summed E-state index contributed by atoms with van der Waals surface area (Å²) in [5.41, 5.74) is 5.51. The van der Waals surface area contributed by atoms with E-state index in [0.29, 0.717) is 15.7 Å². The Morgan fingerprint density at radius 1 is 1.47 bits per heavy atom. The standard InChI is InChI=1S/C11H15BrN2O3/c1-11(5-15,6-16)14-10(17)7-2-3-9(13)8(12)4-7/h2-4,15-16H,5-6,13H2,1H3,(H,14,17). The molecule has 0 fully saturated rings. The topological polar surface area (TPSA) is 95.6 Å². The van der Waals surface area contributed by atoms with E-state index in [1.165, 1.54) is 0 Å². The summed E-state index contributed by atoms with van der Waals surface area (Å²) in [5, 5.41) is 20.7. The van der Waals surface area contributed by atoms with Gasteiger partial charge < -0.3 is 21.3 Å². The number of nitrogens with one attached hydrogen (secondary N) is 1. The molecule has 0 bridgehead atoms. The Bertz CT molecular complexity index is 419. The van der Waals surface area contributed by atoms with Crippen LogP contribution in [0.1, 0.15) is 17.3 Å². The quantitative estimate of drug-likeness (QED) is 0.609. The van der Waals surface area contributed by atoms with E-state index in [9.17, 15) is 4.79 Å². The fourth-order valence-electron chi connectivity index (χ4n) is 1.14. The van der Waals surface area contributed by atoms with Crippen LogP contribution in [0.3, 0.4) is 0 Å². The van der Waals surface area contributed by atoms with Gasteiger partial charge in [-0.25, -0.2) is 0 Å². The first kappa shape index (κ1) is 14.0. The van der Waals surface area contributed by atoms with Crippen LogP contribution in [0.2, 0.25) is 0 Å². The summed E-state index contributed by atoms with van der Waals surface area (Å²) in [6.07, 6.45) is 0. The number of hydrogen-bond donors (Lipinski definition) is 4. The Balaban J connectivity index is 2.86. The largest absolute Gasteiger partial charge is 0.398 e. The average Bonchev–Trinajstić information content (AvgIpc) is 2.32. The van der Waals surface area contributed by atoms with Crippen LogP contribution < -0.4 is 11.1 Å². The number of carbonyl (C=O) groups excluding carboxylic acids is 1. The number of benzene rings is 1. The van der Waals surface area contributed by atoms with Crippen LogP contribution in [0.15, 0.2) is 22.7 Å². The molecular weight excluding hydrogens is 288 g/mol. The minimum Gasteiger partial charge on any atom is -0.398 e. The summed E-state index contributed by atoms with van der Waals surface area (Å²) in [6.45, 7) is 0.869. The highest BCUT2D eigenvalue weighted by atomic mass is 79.9. The third-order valence-corrected chi connectivity index (χ3v) is 3.06. The number of hydrogen-bond acceptors (Lipinski definition) is 4. The minimum absolute atomic E-state index is 0.342. The van der Waals surface area contributed by atoms with Crippen LogP contribution in [0, 0.1) is 0 Å². The first-order valence-electron chi connectivity index (χ1n) is 5.01. The lowest BCUT2D eigenvalue weighted by atomic mass is 10.0. The van der Waals surface area contributed by atoms with E-state index in [1.54, 1.807) is 25.1 Å². The molecule has 0 saturated carbocycles. The lowest BCUT2D eigenvalue weighted by Gasteiger charge is -2.26. The maximum Gasteiger partial charge on any atom is 0.251 e. The number of aliphatic hydroxyl groups is 2. The van der Waals surface area contributed by atoms with E-state index in [1.807, 2.05) is 0 Å². The van der Waals surface area contributed by atoms with Crippen molar-refractivity contribution in [3.8, 4) is 0 Å². The molecule has 0 aliphatic carbocycles. The van der Waals surface area contributed by atoms with Crippen molar-refractivity contribution in [2.45, 2.75) is 12.5 Å². The Morgan fingerprint density at radius 3 is 2.53 bits per heavy atom. The number of amides is 1. The van der Waals surface area contributed by atoms with E-state index < -0.39 is 5.54 Å². The van der Waals surface area contributed by atoms with Crippen molar-refractivity contribution in [1.82, 2.24) is 5.32 Å². The number of nitrogen functional groups attached to an aromatic ring is 1. The molecule has 0 aromatic heterocycles. The normalized spacial score (nSPS) is 11.3. The van der Waals surface area contributed by atoms with Crippen LogP contribution in [0.4, 0.5) is 5.69 Å². The van der Waals surface area contributed by atoms with Gasteiger partial charge in [-0.3, -0.25) is 4.79 Å². The van der Waals surface area contributed by atoms with Crippen molar-refractivity contribution in [1.29, 1.82) is 0 Å². The molecule has 17 heavy (non-hydrogen) atoms. The first-order valence-corrected chi connectivity index (χ1v) is 5.80. The summed E-state index contributed by atoms with van der Waals surface area (Å²) in [4.78, 5) is 11.8. The number of aliphatic hydroxyl groups excluding tert-OH is 2. The van der Waals surface area contributed by atoms with E-state index in [4.69, 9.17) is 15.9 Å². The van der Waals surface area contributed by atoms with Crippen LogP contribution in [-0.2, 0) is 0 Å². The number of nitrogens with two attached hydrogens (primary N) is 1. The van der Waals surface area contributed by atoms with Gasteiger partial charge in [0, 0.05) is 15.7 Å². The average molecular weight is 303 g/mol. The maximum atomic E-state index is 11.8. The van der Waals surface area contributed by atoms with Gasteiger partial charge in [0.2, 0.25) is 0 Å². The van der Waals surface area contributed by atoms with Gasteiger partial charge in [-0.15, -0.1) is 0 Å². The molecule has 0 heterocycles. The summed E-state index contributed by atoms with van der Waals surface area (Å²) < 4.78 is 0.625. The molecule has 0 aliphatic heterocycles. The smallest absolute Gasteiger partial charge is 0.251 e. The Morgan fingerprint density at radius 2 is 2.06 bits per heavy atom. The van der Waals surface area contributed by atoms with Crippen molar-refractivity contribution in [3.63, 3.8) is 0 Å². The first-order chi connectivity index (χ1) is 7.91. The highest BCUT2D eigenvalue weighted by Gasteiger charge is 2.25. The van der Waals surface area contributed by atoms with Crippen molar-refractivity contribution in [2.24, 2.45) is 0 Å². The molecule has 1 aromatic rings. The second-order valence-electron chi connectivity index (χ2n) is 4.07. The molecule has 1 aromatic carbocycles. The number of anilines is 1. The predicted molar refractivity (Wildman–Crippen MR) is 68.6 cm³/mol. The minimum atomic E-state index is -1.04. The SMILES string of the molecule is CC(CO)(CO)NC(=O)c1ccc(N)c(Br)c1. The Kier molecular flexibility index (Phi) is 4.50. The van der Waals surface area contributed by atoms with E-state index in [2.05, 4.69) is 21.2 Å². The molecule has 1 amide bonds. The molecule has 6 heteroatoms. The van der Waals surface area contributed by atoms with E-state index in [0.717, 1.165) is 0 Å². The Labute approximate surface area is 108 Å². The molecule has 0 saturated heterocycles. The van der Waals surface area contributed by atoms with Gasteiger partial charge in [0.05, 0.1) is 18.8 Å². The van der Waals surface area contributed by atoms with Crippen LogP contribution in [0.5, 0.6) is 0 Å². The zero-order valence-electron chi connectivity index (χ0n) is 9.40. The molecular formula is C11H15BrN2O3. The van der Waals surface area contributed by atoms with Crippen molar-refractivity contribution in [3.05, 3.63) is 28.2 Å². The van der Waals surface area contributed by atoms with Crippen molar-refractivity contribution < 1.29 is 15.0 Å². The van der Waals surface area contributed by atoms with Gasteiger partial charge in [0.15, 0.2) is 0 Å². The lowest BCUT2D eigenvalue weighted by molar-refractivity contribution is 0.0724. The number of carbonyl (C=O) groups is 1. The molecule has 0 unspecified atom stereocenters. The number of halogens is 1. The summed E-state index contributed by atoms with van der Waals surface area (Å²) in [5.74, 6) is -0.378. The van der Waals surface area contributed by atoms with Gasteiger partial charge in [-0.2, -0.15) is 0 Å². The zero-order chi connectivity index (χ0) is 13.1. The van der Waals surface area contributed by atoms with Crippen molar-refractivity contribution in [2.75, 3.05) is 18.9 Å². The monoisotopic (exact) mass is 302 g/mol. The fraction of sp³-hybridized carbons (Fsp3) is 0.364. The van der Waals surface area contributed by atoms with Gasteiger partial charge >= 0.3 is 0 Å². The zero-order valence-corrected chi connectivity index (χ0v) is 11.0. The van der Waals surface area contributed by atoms with Crippen molar-refractivity contribution >= 4 is 27.5 Å². The predicted octanol–water partition coefficient (Wildman–Crippen LogP) is 0.504. The third-order valence-electron chi connectivity index (χ3n) is 2.38. The van der Waals surface area contributed by atoms with E-state index in [-0.39, 0.29) is 19.1 Å². The molecule has 5 N–H and O–H groups in total. The number of rotatable bonds is 4. The second-order valence-corrected chi connectivity index (χ2v) is 4.92. The highest BCUT2D eigenvalue weighted by molar-refractivity contribution is 9.10. The molecule has 0 radical (unpaired) electrons. The molecule has 0 atom stereocenters. The second kappa shape index (κ2) is 5.48. The molecule has 5 nitrogen and oxygen atoms in total. The maximum absolute atomic E-state index is 11.8. The van der Waals surface area contributed by atoms with Gasteiger partial charge in [-0.05, 0) is 41.1 Å². The van der Waals surface area contributed by atoms with Crippen LogP contribution in [0.25, 0.3) is 0 Å². The summed E-state index contributed by atoms with van der Waals surface area (Å²) in [7, 11) is 0. The van der Waals surface area contributed by atoms with Gasteiger partial charge in [0.1, 0.15) is 0 Å². The van der Waals surface area contributed by atoms with Crippen LogP contribution in [-0.4, -0.2) is 34.9 Å². The summed E-state index contributed by atoms with van der Waals surface area (Å²) >= 11 is 3.22. The van der Waals surface area contributed by atoms with Gasteiger partial charge in [0.25, 0.3) is 5.91 Å². The van der Waals surface area contributed by atoms with E-state index >= 15 is 0 Å². The third kappa shape index (κ3) is 3.42. The Hall–Kier alpha value is -1.11. The fourth-order valence-corrected chi connectivity index (χ4v) is 1.52. The lowest BCUT2D eigenvalue weighted by Crippen LogP contribution is -2.51. The summed E-state index contributed by atoms with van der Waals surface area (Å²) in [6, 6.07) is 4.76. The molecule has 1 rings (SSSR count). The molecule has 0 spiro atoms.